The van der Waals surface area contributed by atoms with E-state index in [1.165, 1.54) is 17.0 Å². The number of amides is 1. The normalized spacial score (nSPS) is 19.6. The van der Waals surface area contributed by atoms with Gasteiger partial charge < -0.3 is 14.7 Å². The van der Waals surface area contributed by atoms with Gasteiger partial charge in [-0.3, -0.25) is 4.18 Å². The summed E-state index contributed by atoms with van der Waals surface area (Å²) in [5.41, 5.74) is 0.594. The molecule has 1 fully saturated rings. The van der Waals surface area contributed by atoms with Crippen LogP contribution in [-0.2, 0) is 19.0 Å². The van der Waals surface area contributed by atoms with E-state index >= 15 is 0 Å². The van der Waals surface area contributed by atoms with E-state index in [0.717, 1.165) is 12.7 Å². The van der Waals surface area contributed by atoms with Crippen molar-refractivity contribution in [3.8, 4) is 0 Å². The second-order valence-electron chi connectivity index (χ2n) is 6.00. The fourth-order valence-corrected chi connectivity index (χ4v) is 3.35. The Bertz CT molecular complexity index is 696. The van der Waals surface area contributed by atoms with E-state index in [0.29, 0.717) is 18.5 Å². The van der Waals surface area contributed by atoms with Crippen molar-refractivity contribution in [2.24, 2.45) is 5.92 Å². The van der Waals surface area contributed by atoms with Crippen molar-refractivity contribution in [2.45, 2.75) is 18.9 Å². The first-order valence-electron chi connectivity index (χ1n) is 7.95. The van der Waals surface area contributed by atoms with E-state index in [2.05, 4.69) is 4.18 Å². The molecule has 1 aromatic carbocycles. The molecular weight excluding hydrogens is 353 g/mol. The molecule has 0 spiro atoms. The highest BCUT2D eigenvalue weighted by Crippen LogP contribution is 2.33. The lowest BCUT2D eigenvalue weighted by atomic mass is 9.88. The molecule has 1 aliphatic rings. The monoisotopic (exact) mass is 375 g/mol. The molecule has 1 aromatic rings. The van der Waals surface area contributed by atoms with E-state index < -0.39 is 28.1 Å². The van der Waals surface area contributed by atoms with Crippen molar-refractivity contribution in [3.05, 3.63) is 35.6 Å². The maximum Gasteiger partial charge on any atom is 0.407 e. The first-order valence-corrected chi connectivity index (χ1v) is 9.77. The predicted octanol–water partition coefficient (Wildman–Crippen LogP) is 2.25. The van der Waals surface area contributed by atoms with E-state index in [1.54, 1.807) is 12.1 Å². The molecular formula is C16H22FNO6S. The Kier molecular flexibility index (Phi) is 6.74. The van der Waals surface area contributed by atoms with Crippen molar-refractivity contribution in [3.63, 3.8) is 0 Å². The van der Waals surface area contributed by atoms with Crippen LogP contribution in [0.15, 0.2) is 24.3 Å². The topological polar surface area (TPSA) is 93.1 Å². The van der Waals surface area contributed by atoms with E-state index in [9.17, 15) is 22.7 Å². The number of ether oxygens (including phenoxy) is 1. The van der Waals surface area contributed by atoms with Crippen molar-refractivity contribution < 1.29 is 31.6 Å². The van der Waals surface area contributed by atoms with Gasteiger partial charge in [0.1, 0.15) is 5.82 Å². The molecule has 1 aliphatic heterocycles. The summed E-state index contributed by atoms with van der Waals surface area (Å²) in [5, 5.41) is 9.19. The minimum Gasteiger partial charge on any atom is -0.465 e. The molecule has 9 heteroatoms. The molecule has 0 saturated carbocycles. The van der Waals surface area contributed by atoms with Crippen LogP contribution in [0.1, 0.15) is 24.5 Å². The Morgan fingerprint density at radius 3 is 2.84 bits per heavy atom. The van der Waals surface area contributed by atoms with Crippen LogP contribution in [0.5, 0.6) is 0 Å². The molecule has 1 N–H and O–H groups in total. The van der Waals surface area contributed by atoms with Crippen LogP contribution >= 0.6 is 0 Å². The van der Waals surface area contributed by atoms with Gasteiger partial charge in [0.25, 0.3) is 10.1 Å². The fourth-order valence-electron chi connectivity index (χ4n) is 2.98. The van der Waals surface area contributed by atoms with Gasteiger partial charge in [-0.1, -0.05) is 12.1 Å². The molecule has 1 saturated heterocycles. The Morgan fingerprint density at radius 1 is 1.44 bits per heavy atom. The summed E-state index contributed by atoms with van der Waals surface area (Å²) in [7, 11) is -3.56. The van der Waals surface area contributed by atoms with Crippen molar-refractivity contribution >= 4 is 16.2 Å². The molecule has 140 valence electrons. The van der Waals surface area contributed by atoms with Gasteiger partial charge in [-0.25, -0.2) is 9.18 Å². The van der Waals surface area contributed by atoms with Crippen molar-refractivity contribution in [1.82, 2.24) is 4.90 Å². The highest BCUT2D eigenvalue weighted by Gasteiger charge is 2.31. The number of rotatable bonds is 7. The third-order valence-corrected chi connectivity index (χ3v) is 4.61. The van der Waals surface area contributed by atoms with Gasteiger partial charge >= 0.3 is 6.09 Å². The molecule has 2 unspecified atom stereocenters. The number of hydrogen-bond acceptors (Lipinski definition) is 5. The molecule has 0 radical (unpaired) electrons. The summed E-state index contributed by atoms with van der Waals surface area (Å²) < 4.78 is 46.0. The third-order valence-electron chi connectivity index (χ3n) is 4.01. The van der Waals surface area contributed by atoms with Crippen LogP contribution in [0.2, 0.25) is 0 Å². The Labute approximate surface area is 146 Å². The number of carbonyl (C=O) groups is 1. The smallest absolute Gasteiger partial charge is 0.407 e. The largest absolute Gasteiger partial charge is 0.465 e. The summed E-state index contributed by atoms with van der Waals surface area (Å²) in [6.45, 7) is 0.584. The quantitative estimate of drug-likeness (QED) is 0.580. The molecule has 2 atom stereocenters. The molecule has 0 bridgehead atoms. The molecule has 25 heavy (non-hydrogen) atoms. The standard InChI is InChI=1S/C16H22FNO6S/c1-25(21,22)24-9-8-23-15(12-4-2-6-14(17)10-12)13-5-3-7-18(11-13)16(19)20/h2,4,6,10,13,15H,3,5,7-9,11H2,1H3,(H,19,20). The van der Waals surface area contributed by atoms with Gasteiger partial charge in [-0.2, -0.15) is 8.42 Å². The molecule has 2 rings (SSSR count). The number of likely N-dealkylation sites (tertiary alicyclic amines) is 1. The van der Waals surface area contributed by atoms with Crippen LogP contribution in [0, 0.1) is 11.7 Å². The second-order valence-corrected chi connectivity index (χ2v) is 7.65. The second kappa shape index (κ2) is 8.59. The lowest BCUT2D eigenvalue weighted by molar-refractivity contribution is -0.0229. The Morgan fingerprint density at radius 2 is 2.20 bits per heavy atom. The highest BCUT2D eigenvalue weighted by molar-refractivity contribution is 7.85. The zero-order valence-electron chi connectivity index (χ0n) is 13.9. The number of hydrogen-bond donors (Lipinski definition) is 1. The van der Waals surface area contributed by atoms with Crippen molar-refractivity contribution in [1.29, 1.82) is 0 Å². The minimum atomic E-state index is -3.56. The SMILES string of the molecule is CS(=O)(=O)OCCOC(c1cccc(F)c1)C1CCCN(C(=O)O)C1. The lowest BCUT2D eigenvalue weighted by Crippen LogP contribution is -2.41. The maximum absolute atomic E-state index is 13.6. The highest BCUT2D eigenvalue weighted by atomic mass is 32.2. The molecule has 0 aliphatic carbocycles. The number of carboxylic acid groups (broad SMARTS) is 1. The van der Waals surface area contributed by atoms with Gasteiger partial charge in [-0.15, -0.1) is 0 Å². The van der Waals surface area contributed by atoms with Crippen LogP contribution < -0.4 is 0 Å². The molecule has 7 nitrogen and oxygen atoms in total. The summed E-state index contributed by atoms with van der Waals surface area (Å²) in [5.74, 6) is -0.561. The van der Waals surface area contributed by atoms with Crippen molar-refractivity contribution in [2.75, 3.05) is 32.6 Å². The zero-order chi connectivity index (χ0) is 18.4. The first-order chi connectivity index (χ1) is 11.8. The molecule has 0 aromatic heterocycles. The van der Waals surface area contributed by atoms with Gasteiger partial charge in [-0.05, 0) is 30.5 Å². The van der Waals surface area contributed by atoms with Crippen LogP contribution in [-0.4, -0.2) is 57.1 Å². The minimum absolute atomic E-state index is 0.00216. The zero-order valence-corrected chi connectivity index (χ0v) is 14.7. The van der Waals surface area contributed by atoms with E-state index in [1.807, 2.05) is 0 Å². The first kappa shape index (κ1) is 19.6. The van der Waals surface area contributed by atoms with Gasteiger partial charge in [0.2, 0.25) is 0 Å². The average molecular weight is 375 g/mol. The summed E-state index contributed by atoms with van der Waals surface area (Å²) in [6, 6.07) is 5.94. The molecule has 1 amide bonds. The van der Waals surface area contributed by atoms with Gasteiger partial charge in [0.15, 0.2) is 0 Å². The Hall–Kier alpha value is -1.71. The summed E-state index contributed by atoms with van der Waals surface area (Å²) >= 11 is 0. The van der Waals surface area contributed by atoms with Crippen LogP contribution in [0.3, 0.4) is 0 Å². The summed E-state index contributed by atoms with van der Waals surface area (Å²) in [4.78, 5) is 12.5. The maximum atomic E-state index is 13.6. The number of benzene rings is 1. The number of nitrogens with zero attached hydrogens (tertiary/aromatic N) is 1. The lowest BCUT2D eigenvalue weighted by Gasteiger charge is -2.35. The van der Waals surface area contributed by atoms with Crippen LogP contribution in [0.4, 0.5) is 9.18 Å². The predicted molar refractivity (Wildman–Crippen MR) is 88.2 cm³/mol. The van der Waals surface area contributed by atoms with Gasteiger partial charge in [0.05, 0.1) is 25.6 Å². The van der Waals surface area contributed by atoms with Crippen LogP contribution in [0.25, 0.3) is 0 Å². The van der Waals surface area contributed by atoms with Gasteiger partial charge in [0, 0.05) is 19.0 Å². The Balaban J connectivity index is 2.10. The van der Waals surface area contributed by atoms with E-state index in [-0.39, 0.29) is 25.7 Å². The average Bonchev–Trinajstić information content (AvgIpc) is 2.54. The fraction of sp³-hybridized carbons (Fsp3) is 0.562. The summed E-state index contributed by atoms with van der Waals surface area (Å²) in [6.07, 6.45) is 0.830. The van der Waals surface area contributed by atoms with E-state index in [4.69, 9.17) is 4.74 Å². The number of piperidine rings is 1. The molecule has 1 heterocycles. The third kappa shape index (κ3) is 6.26. The number of halogens is 1.